The molecule has 1 aliphatic rings. The minimum absolute atomic E-state index is 0.0375. The van der Waals surface area contributed by atoms with Gasteiger partial charge in [-0.1, -0.05) is 35.1 Å². The maximum absolute atomic E-state index is 12.9. The lowest BCUT2D eigenvalue weighted by atomic mass is 10.0. The molecule has 0 radical (unpaired) electrons. The van der Waals surface area contributed by atoms with E-state index in [1.54, 1.807) is 4.57 Å². The molecule has 0 saturated carbocycles. The number of benzene rings is 1. The van der Waals surface area contributed by atoms with Crippen molar-refractivity contribution in [2.45, 2.75) is 26.4 Å². The third-order valence-electron chi connectivity index (χ3n) is 4.47. The lowest BCUT2D eigenvalue weighted by Gasteiger charge is -2.36. The van der Waals surface area contributed by atoms with Gasteiger partial charge in [-0.3, -0.25) is 14.2 Å². The van der Waals surface area contributed by atoms with Crippen LogP contribution in [-0.2, 0) is 11.3 Å². The van der Waals surface area contributed by atoms with E-state index < -0.39 is 0 Å². The minimum atomic E-state index is -0.0761. The second-order valence-corrected chi connectivity index (χ2v) is 7.56. The van der Waals surface area contributed by atoms with E-state index in [2.05, 4.69) is 5.32 Å². The molecule has 3 rings (SSSR count). The van der Waals surface area contributed by atoms with Gasteiger partial charge >= 0.3 is 4.87 Å². The highest BCUT2D eigenvalue weighted by Gasteiger charge is 2.28. The summed E-state index contributed by atoms with van der Waals surface area (Å²) < 4.78 is 1.57. The summed E-state index contributed by atoms with van der Waals surface area (Å²) in [7, 11) is 0. The number of nitrogens with zero attached hydrogens (tertiary/aromatic N) is 2. The van der Waals surface area contributed by atoms with Crippen LogP contribution in [0.4, 0.5) is 0 Å². The van der Waals surface area contributed by atoms with Gasteiger partial charge in [0.05, 0.1) is 6.04 Å². The van der Waals surface area contributed by atoms with Crippen LogP contribution in [0.15, 0.2) is 29.1 Å². The van der Waals surface area contributed by atoms with Crippen molar-refractivity contribution in [2.24, 2.45) is 0 Å². The number of aromatic nitrogens is 1. The Morgan fingerprint density at radius 1 is 1.42 bits per heavy atom. The highest BCUT2D eigenvalue weighted by atomic mass is 35.5. The minimum Gasteiger partial charge on any atom is -0.332 e. The van der Waals surface area contributed by atoms with Gasteiger partial charge in [0.1, 0.15) is 6.54 Å². The zero-order chi connectivity index (χ0) is 17.3. The number of hydrogen-bond donors (Lipinski definition) is 1. The van der Waals surface area contributed by atoms with Crippen LogP contribution in [0.2, 0.25) is 5.02 Å². The van der Waals surface area contributed by atoms with Crippen molar-refractivity contribution in [1.29, 1.82) is 0 Å². The van der Waals surface area contributed by atoms with Gasteiger partial charge in [0, 0.05) is 35.2 Å². The molecular formula is C17H20ClN3O2S. The Morgan fingerprint density at radius 2 is 2.21 bits per heavy atom. The lowest BCUT2D eigenvalue weighted by molar-refractivity contribution is -0.135. The first-order chi connectivity index (χ1) is 11.5. The van der Waals surface area contributed by atoms with Gasteiger partial charge in [-0.25, -0.2) is 0 Å². The summed E-state index contributed by atoms with van der Waals surface area (Å²) in [6.07, 6.45) is 0. The molecule has 2 aromatic rings. The van der Waals surface area contributed by atoms with Crippen molar-refractivity contribution < 1.29 is 4.79 Å². The van der Waals surface area contributed by atoms with Crippen LogP contribution < -0.4 is 10.2 Å². The summed E-state index contributed by atoms with van der Waals surface area (Å²) in [6.45, 7) is 5.93. The van der Waals surface area contributed by atoms with E-state index in [-0.39, 0.29) is 23.4 Å². The number of hydrogen-bond acceptors (Lipinski definition) is 4. The number of amides is 1. The van der Waals surface area contributed by atoms with E-state index in [0.717, 1.165) is 22.7 Å². The largest absolute Gasteiger partial charge is 0.332 e. The highest BCUT2D eigenvalue weighted by molar-refractivity contribution is 7.09. The second-order valence-electron chi connectivity index (χ2n) is 5.96. The van der Waals surface area contributed by atoms with E-state index in [1.165, 1.54) is 11.3 Å². The summed E-state index contributed by atoms with van der Waals surface area (Å²) in [5.41, 5.74) is 1.88. The molecule has 0 aliphatic carbocycles. The summed E-state index contributed by atoms with van der Waals surface area (Å²) in [4.78, 5) is 27.6. The van der Waals surface area contributed by atoms with Gasteiger partial charge in [-0.05, 0) is 31.5 Å². The maximum Gasteiger partial charge on any atom is 0.308 e. The normalized spacial score (nSPS) is 18.0. The average molecular weight is 366 g/mol. The molecule has 5 nitrogen and oxygen atoms in total. The van der Waals surface area contributed by atoms with Crippen molar-refractivity contribution >= 4 is 28.8 Å². The molecule has 1 saturated heterocycles. The first-order valence-electron chi connectivity index (χ1n) is 7.90. The third kappa shape index (κ3) is 3.41. The number of nitrogens with one attached hydrogen (secondary N) is 1. The van der Waals surface area contributed by atoms with E-state index in [1.807, 2.05) is 43.0 Å². The Kier molecular flexibility index (Phi) is 5.08. The van der Waals surface area contributed by atoms with Gasteiger partial charge in [0.15, 0.2) is 0 Å². The first kappa shape index (κ1) is 17.2. The zero-order valence-corrected chi connectivity index (χ0v) is 15.3. The van der Waals surface area contributed by atoms with E-state index in [9.17, 15) is 9.59 Å². The van der Waals surface area contributed by atoms with Crippen molar-refractivity contribution in [2.75, 3.05) is 19.6 Å². The van der Waals surface area contributed by atoms with Gasteiger partial charge < -0.3 is 10.2 Å². The summed E-state index contributed by atoms with van der Waals surface area (Å²) in [5, 5.41) is 3.98. The molecule has 1 atom stereocenters. The smallest absolute Gasteiger partial charge is 0.308 e. The quantitative estimate of drug-likeness (QED) is 0.908. The molecule has 1 aromatic carbocycles. The van der Waals surface area contributed by atoms with Crippen LogP contribution >= 0.6 is 22.9 Å². The molecule has 0 spiro atoms. The van der Waals surface area contributed by atoms with Crippen molar-refractivity contribution in [1.82, 2.24) is 14.8 Å². The van der Waals surface area contributed by atoms with Gasteiger partial charge in [0.2, 0.25) is 5.91 Å². The predicted octanol–water partition coefficient (Wildman–Crippen LogP) is 2.35. The molecule has 2 heterocycles. The number of thiazole rings is 1. The fraction of sp³-hybridized carbons (Fsp3) is 0.412. The van der Waals surface area contributed by atoms with Crippen LogP contribution in [0, 0.1) is 13.8 Å². The van der Waals surface area contributed by atoms with Crippen LogP contribution in [0.1, 0.15) is 22.2 Å². The monoisotopic (exact) mass is 365 g/mol. The molecular weight excluding hydrogens is 346 g/mol. The number of piperazine rings is 1. The molecule has 0 bridgehead atoms. The third-order valence-corrected chi connectivity index (χ3v) is 5.70. The Hall–Kier alpha value is -1.63. The standard InChI is InChI=1S/C17H20ClN3O2S/c1-11-12(2)24-17(23)21(11)10-16(22)20-7-6-19-9-15(20)13-4-3-5-14(18)8-13/h3-5,8,15,19H,6-7,9-10H2,1-2H3. The molecule has 1 fully saturated rings. The summed E-state index contributed by atoms with van der Waals surface area (Å²) >= 11 is 7.29. The number of rotatable bonds is 3. The maximum atomic E-state index is 12.9. The topological polar surface area (TPSA) is 54.3 Å². The SMILES string of the molecule is Cc1sc(=O)n(CC(=O)N2CCNCC2c2cccc(Cl)c2)c1C. The van der Waals surface area contributed by atoms with Crippen molar-refractivity contribution in [3.63, 3.8) is 0 Å². The summed E-state index contributed by atoms with van der Waals surface area (Å²) in [6, 6.07) is 7.53. The number of carbonyl (C=O) groups is 1. The van der Waals surface area contributed by atoms with Gasteiger partial charge in [0.25, 0.3) is 0 Å². The predicted molar refractivity (Wildman–Crippen MR) is 96.8 cm³/mol. The molecule has 1 aliphatic heterocycles. The van der Waals surface area contributed by atoms with E-state index in [4.69, 9.17) is 11.6 Å². The number of carbonyl (C=O) groups excluding carboxylic acids is 1. The fourth-order valence-electron chi connectivity index (χ4n) is 3.01. The fourth-order valence-corrected chi connectivity index (χ4v) is 4.04. The van der Waals surface area contributed by atoms with E-state index >= 15 is 0 Å². The van der Waals surface area contributed by atoms with E-state index in [0.29, 0.717) is 18.1 Å². The Bertz CT molecular complexity index is 814. The zero-order valence-electron chi connectivity index (χ0n) is 13.7. The number of halogens is 1. The molecule has 7 heteroatoms. The van der Waals surface area contributed by atoms with Crippen molar-refractivity contribution in [3.8, 4) is 0 Å². The van der Waals surface area contributed by atoms with Gasteiger partial charge in [-0.15, -0.1) is 0 Å². The molecule has 1 unspecified atom stereocenters. The van der Waals surface area contributed by atoms with Crippen LogP contribution in [-0.4, -0.2) is 35.0 Å². The molecule has 128 valence electrons. The molecule has 1 aromatic heterocycles. The van der Waals surface area contributed by atoms with Crippen molar-refractivity contribution in [3.05, 3.63) is 55.1 Å². The average Bonchev–Trinajstić information content (AvgIpc) is 2.81. The highest BCUT2D eigenvalue weighted by Crippen LogP contribution is 2.25. The van der Waals surface area contributed by atoms with Crippen LogP contribution in [0.25, 0.3) is 0 Å². The summed E-state index contributed by atoms with van der Waals surface area (Å²) in [5.74, 6) is -0.0375. The Labute approximate surface area is 149 Å². The Balaban J connectivity index is 1.85. The first-order valence-corrected chi connectivity index (χ1v) is 9.09. The second kappa shape index (κ2) is 7.09. The van der Waals surface area contributed by atoms with Crippen LogP contribution in [0.3, 0.4) is 0 Å². The molecule has 1 N–H and O–H groups in total. The molecule has 24 heavy (non-hydrogen) atoms. The lowest BCUT2D eigenvalue weighted by Crippen LogP contribution is -2.50. The van der Waals surface area contributed by atoms with Crippen LogP contribution in [0.5, 0.6) is 0 Å². The molecule has 1 amide bonds. The Morgan fingerprint density at radius 3 is 2.88 bits per heavy atom. The van der Waals surface area contributed by atoms with Gasteiger partial charge in [-0.2, -0.15) is 0 Å². The number of aryl methyl sites for hydroxylation is 1.